The topological polar surface area (TPSA) is 54.9 Å². The summed E-state index contributed by atoms with van der Waals surface area (Å²) in [5, 5.41) is 9.83. The van der Waals surface area contributed by atoms with Gasteiger partial charge in [-0.25, -0.2) is 0 Å². The van der Waals surface area contributed by atoms with Gasteiger partial charge in [0.25, 0.3) is 5.91 Å². The number of aromatic nitrogens is 2. The zero-order chi connectivity index (χ0) is 8.10. The van der Waals surface area contributed by atoms with Crippen LogP contribution in [0.2, 0.25) is 0 Å². The first-order valence-electron chi connectivity index (χ1n) is 3.40. The number of hydrogen-bond acceptors (Lipinski definition) is 3. The van der Waals surface area contributed by atoms with Crippen LogP contribution in [0.3, 0.4) is 0 Å². The van der Waals surface area contributed by atoms with Gasteiger partial charge in [-0.2, -0.15) is 5.10 Å². The van der Waals surface area contributed by atoms with E-state index in [0.717, 1.165) is 0 Å². The van der Waals surface area contributed by atoms with Gasteiger partial charge >= 0.3 is 0 Å². The van der Waals surface area contributed by atoms with E-state index in [4.69, 9.17) is 0 Å². The SMILES string of the molecule is CCNC(=O)c1cccnn1. The van der Waals surface area contributed by atoms with Crippen molar-refractivity contribution >= 4 is 5.91 Å². The van der Waals surface area contributed by atoms with Crippen LogP contribution >= 0.6 is 0 Å². The van der Waals surface area contributed by atoms with Crippen molar-refractivity contribution in [1.29, 1.82) is 0 Å². The largest absolute Gasteiger partial charge is 0.351 e. The highest BCUT2D eigenvalue weighted by Gasteiger charge is 2.02. The minimum atomic E-state index is -0.180. The Labute approximate surface area is 64.6 Å². The molecule has 0 bridgehead atoms. The van der Waals surface area contributed by atoms with Crippen LogP contribution in [-0.4, -0.2) is 22.6 Å². The third-order valence-corrected chi connectivity index (χ3v) is 1.14. The maximum Gasteiger partial charge on any atom is 0.271 e. The third kappa shape index (κ3) is 2.00. The predicted octanol–water partition coefficient (Wildman–Crippen LogP) is 0.226. The lowest BCUT2D eigenvalue weighted by Gasteiger charge is -1.97. The van der Waals surface area contributed by atoms with Gasteiger partial charge in [0.15, 0.2) is 5.69 Å². The predicted molar refractivity (Wildman–Crippen MR) is 40.0 cm³/mol. The van der Waals surface area contributed by atoms with E-state index >= 15 is 0 Å². The summed E-state index contributed by atoms with van der Waals surface area (Å²) in [6.07, 6.45) is 1.53. The molecule has 1 rings (SSSR count). The number of nitrogens with one attached hydrogen (secondary N) is 1. The van der Waals surface area contributed by atoms with Gasteiger partial charge in [0.1, 0.15) is 0 Å². The Morgan fingerprint density at radius 1 is 1.73 bits per heavy atom. The molecule has 0 spiro atoms. The van der Waals surface area contributed by atoms with Crippen LogP contribution in [0, 0.1) is 0 Å². The molecule has 0 unspecified atom stereocenters. The Kier molecular flexibility index (Phi) is 2.54. The molecule has 0 saturated heterocycles. The molecule has 0 fully saturated rings. The number of amides is 1. The molecule has 1 heterocycles. The molecule has 0 saturated carbocycles. The van der Waals surface area contributed by atoms with Gasteiger partial charge in [0, 0.05) is 12.7 Å². The normalized spacial score (nSPS) is 9.18. The summed E-state index contributed by atoms with van der Waals surface area (Å²) < 4.78 is 0. The van der Waals surface area contributed by atoms with Crippen molar-refractivity contribution in [2.45, 2.75) is 6.92 Å². The minimum Gasteiger partial charge on any atom is -0.351 e. The highest BCUT2D eigenvalue weighted by Crippen LogP contribution is 1.88. The van der Waals surface area contributed by atoms with E-state index in [1.54, 1.807) is 12.1 Å². The zero-order valence-electron chi connectivity index (χ0n) is 6.24. The van der Waals surface area contributed by atoms with Crippen molar-refractivity contribution < 1.29 is 4.79 Å². The molecule has 4 nitrogen and oxygen atoms in total. The van der Waals surface area contributed by atoms with Crippen molar-refractivity contribution in [1.82, 2.24) is 15.5 Å². The maximum absolute atomic E-state index is 11.0. The molecule has 1 amide bonds. The summed E-state index contributed by atoms with van der Waals surface area (Å²) in [7, 11) is 0. The van der Waals surface area contributed by atoms with Crippen LogP contribution in [0.1, 0.15) is 17.4 Å². The molecule has 0 aliphatic carbocycles. The molecule has 58 valence electrons. The highest BCUT2D eigenvalue weighted by atomic mass is 16.1. The number of nitrogens with zero attached hydrogens (tertiary/aromatic N) is 2. The fourth-order valence-electron chi connectivity index (χ4n) is 0.674. The lowest BCUT2D eigenvalue weighted by Crippen LogP contribution is -2.23. The second-order valence-corrected chi connectivity index (χ2v) is 1.97. The average Bonchev–Trinajstić information content (AvgIpc) is 2.07. The van der Waals surface area contributed by atoms with Crippen LogP contribution in [0.5, 0.6) is 0 Å². The quantitative estimate of drug-likeness (QED) is 0.658. The highest BCUT2D eigenvalue weighted by molar-refractivity contribution is 5.91. The summed E-state index contributed by atoms with van der Waals surface area (Å²) in [6, 6.07) is 3.30. The van der Waals surface area contributed by atoms with Crippen molar-refractivity contribution in [3.05, 3.63) is 24.0 Å². The molecule has 11 heavy (non-hydrogen) atoms. The summed E-state index contributed by atoms with van der Waals surface area (Å²) in [5.41, 5.74) is 0.356. The van der Waals surface area contributed by atoms with E-state index in [2.05, 4.69) is 15.5 Å². The van der Waals surface area contributed by atoms with Crippen molar-refractivity contribution in [3.63, 3.8) is 0 Å². The monoisotopic (exact) mass is 151 g/mol. The second-order valence-electron chi connectivity index (χ2n) is 1.97. The Bertz CT molecular complexity index is 235. The van der Waals surface area contributed by atoms with Crippen LogP contribution < -0.4 is 5.32 Å². The number of carbonyl (C=O) groups excluding carboxylic acids is 1. The van der Waals surface area contributed by atoms with E-state index in [1.807, 2.05) is 6.92 Å². The van der Waals surface area contributed by atoms with Crippen LogP contribution in [-0.2, 0) is 0 Å². The fourth-order valence-corrected chi connectivity index (χ4v) is 0.674. The van der Waals surface area contributed by atoms with Gasteiger partial charge in [0.2, 0.25) is 0 Å². The molecular weight excluding hydrogens is 142 g/mol. The lowest BCUT2D eigenvalue weighted by atomic mass is 10.4. The van der Waals surface area contributed by atoms with Gasteiger partial charge < -0.3 is 5.32 Å². The third-order valence-electron chi connectivity index (χ3n) is 1.14. The van der Waals surface area contributed by atoms with E-state index < -0.39 is 0 Å². The molecule has 0 aliphatic rings. The van der Waals surface area contributed by atoms with E-state index in [9.17, 15) is 4.79 Å². The molecular formula is C7H9N3O. The fraction of sp³-hybridized carbons (Fsp3) is 0.286. The van der Waals surface area contributed by atoms with E-state index in [1.165, 1.54) is 6.20 Å². The number of carbonyl (C=O) groups is 1. The Morgan fingerprint density at radius 2 is 2.55 bits per heavy atom. The first-order valence-corrected chi connectivity index (χ1v) is 3.40. The van der Waals surface area contributed by atoms with E-state index in [-0.39, 0.29) is 5.91 Å². The summed E-state index contributed by atoms with van der Waals surface area (Å²) in [5.74, 6) is -0.180. The maximum atomic E-state index is 11.0. The Morgan fingerprint density at radius 3 is 3.09 bits per heavy atom. The molecule has 4 heteroatoms. The van der Waals surface area contributed by atoms with Crippen LogP contribution in [0.15, 0.2) is 18.3 Å². The van der Waals surface area contributed by atoms with Crippen molar-refractivity contribution in [2.75, 3.05) is 6.54 Å². The first-order chi connectivity index (χ1) is 5.34. The molecule has 1 N–H and O–H groups in total. The Hall–Kier alpha value is -1.45. The number of rotatable bonds is 2. The molecule has 1 aromatic heterocycles. The standard InChI is InChI=1S/C7H9N3O/c1-2-8-7(11)6-4-3-5-9-10-6/h3-5H,2H2,1H3,(H,8,11). The molecule has 0 radical (unpaired) electrons. The van der Waals surface area contributed by atoms with Crippen LogP contribution in [0.25, 0.3) is 0 Å². The van der Waals surface area contributed by atoms with Gasteiger partial charge in [-0.1, -0.05) is 0 Å². The molecule has 0 aromatic carbocycles. The second kappa shape index (κ2) is 3.65. The van der Waals surface area contributed by atoms with Crippen molar-refractivity contribution in [2.24, 2.45) is 0 Å². The van der Waals surface area contributed by atoms with Crippen molar-refractivity contribution in [3.8, 4) is 0 Å². The minimum absolute atomic E-state index is 0.180. The first kappa shape index (κ1) is 7.65. The molecule has 0 aliphatic heterocycles. The van der Waals surface area contributed by atoms with E-state index in [0.29, 0.717) is 12.2 Å². The lowest BCUT2D eigenvalue weighted by molar-refractivity contribution is 0.0950. The number of hydrogen-bond donors (Lipinski definition) is 1. The van der Waals surface area contributed by atoms with Crippen LogP contribution in [0.4, 0.5) is 0 Å². The molecule has 1 aromatic rings. The zero-order valence-corrected chi connectivity index (χ0v) is 6.24. The van der Waals surface area contributed by atoms with Gasteiger partial charge in [-0.15, -0.1) is 5.10 Å². The van der Waals surface area contributed by atoms with Gasteiger partial charge in [-0.3, -0.25) is 4.79 Å². The molecule has 0 atom stereocenters. The summed E-state index contributed by atoms with van der Waals surface area (Å²) in [4.78, 5) is 11.0. The summed E-state index contributed by atoms with van der Waals surface area (Å²) in [6.45, 7) is 2.46. The van der Waals surface area contributed by atoms with Gasteiger partial charge in [-0.05, 0) is 19.1 Å². The summed E-state index contributed by atoms with van der Waals surface area (Å²) >= 11 is 0. The smallest absolute Gasteiger partial charge is 0.271 e. The van der Waals surface area contributed by atoms with Gasteiger partial charge in [0.05, 0.1) is 0 Å². The average molecular weight is 151 g/mol. The Balaban J connectivity index is 2.69.